The van der Waals surface area contributed by atoms with Crippen molar-refractivity contribution >= 4 is 51.5 Å². The normalized spacial score (nSPS) is 11.2. The number of nitrogens with zero attached hydrogens (tertiary/aromatic N) is 4. The summed E-state index contributed by atoms with van der Waals surface area (Å²) in [6, 6.07) is 20.4. The van der Waals surface area contributed by atoms with Crippen LogP contribution in [0.2, 0.25) is 10.0 Å². The lowest BCUT2D eigenvalue weighted by atomic mass is 10.1. The Hall–Kier alpha value is -3.81. The molecule has 1 N–H and O–H groups in total. The number of amides is 1. The number of benzene rings is 3. The van der Waals surface area contributed by atoms with Crippen molar-refractivity contribution in [3.63, 3.8) is 0 Å². The number of aryl methyl sites for hydroxylation is 1. The number of furan rings is 1. The summed E-state index contributed by atoms with van der Waals surface area (Å²) in [5.74, 6) is 0.330. The molecule has 37 heavy (non-hydrogen) atoms. The van der Waals surface area contributed by atoms with Gasteiger partial charge in [0.2, 0.25) is 0 Å². The predicted molar refractivity (Wildman–Crippen MR) is 149 cm³/mol. The van der Waals surface area contributed by atoms with E-state index in [0.29, 0.717) is 27.0 Å². The van der Waals surface area contributed by atoms with Gasteiger partial charge in [-0.05, 0) is 93.1 Å². The van der Waals surface area contributed by atoms with Crippen molar-refractivity contribution in [2.45, 2.75) is 20.8 Å². The van der Waals surface area contributed by atoms with Crippen LogP contribution >= 0.6 is 23.2 Å². The van der Waals surface area contributed by atoms with E-state index in [0.717, 1.165) is 41.1 Å². The first-order valence-electron chi connectivity index (χ1n) is 12.0. The van der Waals surface area contributed by atoms with E-state index in [9.17, 15) is 4.79 Å². The van der Waals surface area contributed by atoms with Crippen molar-refractivity contribution in [2.24, 2.45) is 0 Å². The third kappa shape index (κ3) is 5.05. The fraction of sp³-hybridized carbons (Fsp3) is 0.179. The van der Waals surface area contributed by atoms with Crippen LogP contribution in [0, 0.1) is 6.92 Å². The van der Waals surface area contributed by atoms with Crippen LogP contribution in [0.5, 0.6) is 0 Å². The van der Waals surface area contributed by atoms with Gasteiger partial charge in [-0.1, -0.05) is 23.2 Å². The van der Waals surface area contributed by atoms with Crippen LogP contribution in [0.3, 0.4) is 0 Å². The lowest BCUT2D eigenvalue weighted by molar-refractivity contribution is 0.0997. The summed E-state index contributed by atoms with van der Waals surface area (Å²) in [6.07, 6.45) is 0. The lowest BCUT2D eigenvalue weighted by Gasteiger charge is -2.20. The molecule has 2 aromatic heterocycles. The Balaban J connectivity index is 1.36. The fourth-order valence-electron chi connectivity index (χ4n) is 4.15. The third-order valence-electron chi connectivity index (χ3n) is 6.22. The average Bonchev–Trinajstić information content (AvgIpc) is 3.55. The van der Waals surface area contributed by atoms with Gasteiger partial charge in [-0.25, -0.2) is 0 Å². The summed E-state index contributed by atoms with van der Waals surface area (Å²) >= 11 is 12.1. The Kier molecular flexibility index (Phi) is 6.91. The molecule has 7 nitrogen and oxygen atoms in total. The number of hydrogen-bond acceptors (Lipinski definition) is 5. The standard InChI is InChI=1S/C28H25Cl2N5O2/c1-4-34(5-2)19-7-9-20(10-8-19)35-32-24-14-17(3)23(16-25(24)33-35)31-28(36)27-13-12-26(37-27)18-6-11-21(29)22(30)15-18/h6-16H,4-5H2,1-3H3,(H,31,36). The summed E-state index contributed by atoms with van der Waals surface area (Å²) < 4.78 is 5.78. The number of carbonyl (C=O) groups is 1. The Morgan fingerprint density at radius 2 is 1.62 bits per heavy atom. The second kappa shape index (κ2) is 10.3. The SMILES string of the molecule is CCN(CC)c1ccc(-n2nc3cc(C)c(NC(=O)c4ccc(-c5ccc(Cl)c(Cl)c5)o4)cc3n2)cc1. The van der Waals surface area contributed by atoms with Crippen molar-refractivity contribution in [3.05, 3.63) is 88.1 Å². The Morgan fingerprint density at radius 3 is 2.30 bits per heavy atom. The molecule has 5 rings (SSSR count). The summed E-state index contributed by atoms with van der Waals surface area (Å²) in [4.78, 5) is 16.8. The van der Waals surface area contributed by atoms with Crippen LogP contribution in [0.25, 0.3) is 28.0 Å². The molecule has 5 aromatic rings. The largest absolute Gasteiger partial charge is 0.451 e. The molecule has 0 bridgehead atoms. The number of fused-ring (bicyclic) bond motifs is 1. The summed E-state index contributed by atoms with van der Waals surface area (Å²) in [5, 5.41) is 13.1. The van der Waals surface area contributed by atoms with Crippen molar-refractivity contribution in [2.75, 3.05) is 23.3 Å². The molecule has 0 saturated heterocycles. The number of halogens is 2. The van der Waals surface area contributed by atoms with E-state index in [1.165, 1.54) is 0 Å². The summed E-state index contributed by atoms with van der Waals surface area (Å²) in [5.41, 5.74) is 5.66. The van der Waals surface area contributed by atoms with Gasteiger partial charge < -0.3 is 14.6 Å². The van der Waals surface area contributed by atoms with Gasteiger partial charge in [0.15, 0.2) is 5.76 Å². The first-order chi connectivity index (χ1) is 17.9. The zero-order valence-corrected chi connectivity index (χ0v) is 22.1. The fourth-order valence-corrected chi connectivity index (χ4v) is 4.45. The monoisotopic (exact) mass is 533 g/mol. The van der Waals surface area contributed by atoms with Gasteiger partial charge in [0, 0.05) is 30.0 Å². The molecule has 188 valence electrons. The molecule has 0 saturated carbocycles. The van der Waals surface area contributed by atoms with E-state index in [-0.39, 0.29) is 11.7 Å². The minimum atomic E-state index is -0.367. The first kappa shape index (κ1) is 24.9. The Morgan fingerprint density at radius 1 is 0.919 bits per heavy atom. The number of rotatable bonds is 7. The minimum absolute atomic E-state index is 0.178. The molecule has 0 aliphatic carbocycles. The molecule has 0 unspecified atom stereocenters. The van der Waals surface area contributed by atoms with Gasteiger partial charge in [-0.2, -0.15) is 4.80 Å². The highest BCUT2D eigenvalue weighted by Gasteiger charge is 2.16. The molecule has 2 heterocycles. The zero-order chi connectivity index (χ0) is 26.1. The highest BCUT2D eigenvalue weighted by molar-refractivity contribution is 6.42. The predicted octanol–water partition coefficient (Wildman–Crippen LogP) is 7.39. The van der Waals surface area contributed by atoms with Gasteiger partial charge in [-0.3, -0.25) is 4.79 Å². The quantitative estimate of drug-likeness (QED) is 0.236. The second-order valence-corrected chi connectivity index (χ2v) is 9.40. The number of hydrogen-bond donors (Lipinski definition) is 1. The Bertz CT molecular complexity index is 1590. The van der Waals surface area contributed by atoms with Crippen LogP contribution < -0.4 is 10.2 Å². The van der Waals surface area contributed by atoms with E-state index in [2.05, 4.69) is 46.4 Å². The van der Waals surface area contributed by atoms with E-state index in [4.69, 9.17) is 27.6 Å². The number of aromatic nitrogens is 3. The molecule has 0 spiro atoms. The highest BCUT2D eigenvalue weighted by Crippen LogP contribution is 2.30. The smallest absolute Gasteiger partial charge is 0.291 e. The number of carbonyl (C=O) groups excluding carboxylic acids is 1. The molecule has 0 aliphatic rings. The maximum atomic E-state index is 12.9. The van der Waals surface area contributed by atoms with Crippen LogP contribution in [0.4, 0.5) is 11.4 Å². The van der Waals surface area contributed by atoms with E-state index in [1.807, 2.05) is 31.2 Å². The average molecular weight is 534 g/mol. The van der Waals surface area contributed by atoms with E-state index >= 15 is 0 Å². The summed E-state index contributed by atoms with van der Waals surface area (Å²) in [7, 11) is 0. The molecule has 0 fully saturated rings. The van der Waals surface area contributed by atoms with Gasteiger partial charge >= 0.3 is 0 Å². The van der Waals surface area contributed by atoms with Gasteiger partial charge in [0.05, 0.1) is 15.7 Å². The second-order valence-electron chi connectivity index (χ2n) is 8.58. The van der Waals surface area contributed by atoms with Gasteiger partial charge in [-0.15, -0.1) is 10.2 Å². The highest BCUT2D eigenvalue weighted by atomic mass is 35.5. The molecule has 0 radical (unpaired) electrons. The van der Waals surface area contributed by atoms with E-state index in [1.54, 1.807) is 35.1 Å². The molecule has 0 atom stereocenters. The van der Waals surface area contributed by atoms with Crippen LogP contribution in [-0.4, -0.2) is 34.0 Å². The van der Waals surface area contributed by atoms with Gasteiger partial charge in [0.25, 0.3) is 5.91 Å². The third-order valence-corrected chi connectivity index (χ3v) is 6.96. The van der Waals surface area contributed by atoms with Crippen LogP contribution in [0.1, 0.15) is 30.0 Å². The van der Waals surface area contributed by atoms with Gasteiger partial charge in [0.1, 0.15) is 16.8 Å². The lowest BCUT2D eigenvalue weighted by Crippen LogP contribution is -2.21. The van der Waals surface area contributed by atoms with E-state index < -0.39 is 0 Å². The van der Waals surface area contributed by atoms with Crippen LogP contribution in [-0.2, 0) is 0 Å². The van der Waals surface area contributed by atoms with Crippen molar-refractivity contribution in [3.8, 4) is 17.0 Å². The number of anilines is 2. The minimum Gasteiger partial charge on any atom is -0.451 e. The molecule has 9 heteroatoms. The molecule has 3 aromatic carbocycles. The number of nitrogens with one attached hydrogen (secondary N) is 1. The topological polar surface area (TPSA) is 76.2 Å². The van der Waals surface area contributed by atoms with Crippen molar-refractivity contribution < 1.29 is 9.21 Å². The molecular formula is C28H25Cl2N5O2. The van der Waals surface area contributed by atoms with Crippen molar-refractivity contribution in [1.29, 1.82) is 0 Å². The maximum Gasteiger partial charge on any atom is 0.291 e. The maximum absolute atomic E-state index is 12.9. The van der Waals surface area contributed by atoms with Crippen molar-refractivity contribution in [1.82, 2.24) is 15.0 Å². The molecule has 0 aliphatic heterocycles. The summed E-state index contributed by atoms with van der Waals surface area (Å²) in [6.45, 7) is 8.08. The first-order valence-corrected chi connectivity index (χ1v) is 12.7. The molecular weight excluding hydrogens is 509 g/mol. The molecule has 1 amide bonds. The Labute approximate surface area is 224 Å². The zero-order valence-electron chi connectivity index (χ0n) is 20.6. The van der Waals surface area contributed by atoms with Crippen LogP contribution in [0.15, 0.2) is 71.1 Å².